The van der Waals surface area contributed by atoms with Crippen LogP contribution in [-0.2, 0) is 9.59 Å². The maximum atomic E-state index is 12.5. The molecule has 146 valence electrons. The number of nitrogens with one attached hydrogen (secondary N) is 2. The highest BCUT2D eigenvalue weighted by Crippen LogP contribution is 2.20. The van der Waals surface area contributed by atoms with Crippen LogP contribution in [0.2, 0.25) is 0 Å². The van der Waals surface area contributed by atoms with Gasteiger partial charge in [-0.1, -0.05) is 6.07 Å². The summed E-state index contributed by atoms with van der Waals surface area (Å²) in [6, 6.07) is 5.88. The predicted octanol–water partition coefficient (Wildman–Crippen LogP) is 2.55. The van der Waals surface area contributed by atoms with Crippen molar-refractivity contribution < 1.29 is 9.59 Å². The summed E-state index contributed by atoms with van der Waals surface area (Å²) in [5.41, 5.74) is 0.873. The number of aromatic nitrogens is 1. The van der Waals surface area contributed by atoms with Gasteiger partial charge in [-0.25, -0.2) is 4.98 Å². The van der Waals surface area contributed by atoms with Crippen molar-refractivity contribution in [3.63, 3.8) is 0 Å². The molecule has 26 heavy (non-hydrogen) atoms. The molecule has 3 heterocycles. The molecule has 2 amide bonds. The molecule has 2 N–H and O–H groups in total. The summed E-state index contributed by atoms with van der Waals surface area (Å²) in [5, 5.41) is 6.25. The summed E-state index contributed by atoms with van der Waals surface area (Å²) in [6.45, 7) is 4.18. The quantitative estimate of drug-likeness (QED) is 0.811. The van der Waals surface area contributed by atoms with Gasteiger partial charge in [-0.15, -0.1) is 24.8 Å². The number of carbonyl (C=O) groups is 2. The molecule has 1 aromatic rings. The van der Waals surface area contributed by atoms with Gasteiger partial charge >= 0.3 is 0 Å². The summed E-state index contributed by atoms with van der Waals surface area (Å²) in [6.07, 6.45) is 4.47. The number of amides is 2. The SMILES string of the molecule is Cc1cccc(NC(=O)C2CCCN(C(=O)CC3CCCN3)C2)n1.Cl.Cl. The van der Waals surface area contributed by atoms with E-state index >= 15 is 0 Å². The smallest absolute Gasteiger partial charge is 0.230 e. The van der Waals surface area contributed by atoms with Crippen molar-refractivity contribution in [3.05, 3.63) is 23.9 Å². The van der Waals surface area contributed by atoms with Crippen LogP contribution < -0.4 is 10.6 Å². The van der Waals surface area contributed by atoms with Crippen LogP contribution in [0.15, 0.2) is 18.2 Å². The third kappa shape index (κ3) is 6.11. The van der Waals surface area contributed by atoms with Gasteiger partial charge in [0.1, 0.15) is 5.82 Å². The zero-order valence-electron chi connectivity index (χ0n) is 15.1. The van der Waals surface area contributed by atoms with Crippen LogP contribution in [0.3, 0.4) is 0 Å². The van der Waals surface area contributed by atoms with Crippen LogP contribution in [0.5, 0.6) is 0 Å². The van der Waals surface area contributed by atoms with Crippen LogP contribution in [0, 0.1) is 12.8 Å². The summed E-state index contributed by atoms with van der Waals surface area (Å²) in [4.78, 5) is 31.1. The number of halogens is 2. The van der Waals surface area contributed by atoms with E-state index in [0.29, 0.717) is 24.8 Å². The summed E-state index contributed by atoms with van der Waals surface area (Å²) in [5.74, 6) is 0.560. The molecule has 2 aliphatic rings. The van der Waals surface area contributed by atoms with Gasteiger partial charge < -0.3 is 15.5 Å². The van der Waals surface area contributed by atoms with Gasteiger partial charge in [0.25, 0.3) is 0 Å². The van der Waals surface area contributed by atoms with Crippen molar-refractivity contribution in [1.29, 1.82) is 0 Å². The zero-order chi connectivity index (χ0) is 16.9. The summed E-state index contributed by atoms with van der Waals surface area (Å²) >= 11 is 0. The number of nitrogens with zero attached hydrogens (tertiary/aromatic N) is 2. The zero-order valence-corrected chi connectivity index (χ0v) is 16.7. The number of rotatable bonds is 4. The van der Waals surface area contributed by atoms with Crippen molar-refractivity contribution in [2.45, 2.75) is 45.1 Å². The molecule has 0 aromatic carbocycles. The highest BCUT2D eigenvalue weighted by molar-refractivity contribution is 5.92. The van der Waals surface area contributed by atoms with E-state index in [1.807, 2.05) is 24.0 Å². The molecule has 1 aromatic heterocycles. The summed E-state index contributed by atoms with van der Waals surface area (Å²) in [7, 11) is 0. The molecule has 8 heteroatoms. The summed E-state index contributed by atoms with van der Waals surface area (Å²) < 4.78 is 0. The Morgan fingerprint density at radius 3 is 2.77 bits per heavy atom. The largest absolute Gasteiger partial charge is 0.342 e. The van der Waals surface area contributed by atoms with Crippen molar-refractivity contribution in [2.75, 3.05) is 25.0 Å². The number of piperidine rings is 1. The molecular formula is C18H28Cl2N4O2. The number of likely N-dealkylation sites (tertiary alicyclic amines) is 1. The molecule has 2 atom stereocenters. The molecule has 0 aliphatic carbocycles. The number of carbonyl (C=O) groups excluding carboxylic acids is 2. The molecule has 0 spiro atoms. The Hall–Kier alpha value is -1.37. The number of pyridine rings is 1. The molecular weight excluding hydrogens is 375 g/mol. The number of anilines is 1. The lowest BCUT2D eigenvalue weighted by Gasteiger charge is -2.32. The van der Waals surface area contributed by atoms with Gasteiger partial charge in [-0.3, -0.25) is 9.59 Å². The second kappa shape index (κ2) is 10.7. The highest BCUT2D eigenvalue weighted by Gasteiger charge is 2.30. The maximum absolute atomic E-state index is 12.5. The molecule has 0 saturated carbocycles. The lowest BCUT2D eigenvalue weighted by atomic mass is 9.96. The molecule has 0 radical (unpaired) electrons. The van der Waals surface area contributed by atoms with Gasteiger partial charge in [-0.05, 0) is 51.3 Å². The topological polar surface area (TPSA) is 74.3 Å². The first kappa shape index (κ1) is 22.7. The van der Waals surface area contributed by atoms with E-state index in [1.54, 1.807) is 6.07 Å². The first-order chi connectivity index (χ1) is 11.6. The van der Waals surface area contributed by atoms with Crippen LogP contribution in [0.25, 0.3) is 0 Å². The van der Waals surface area contributed by atoms with E-state index in [-0.39, 0.29) is 42.5 Å². The van der Waals surface area contributed by atoms with Crippen LogP contribution in [0.1, 0.15) is 37.8 Å². The van der Waals surface area contributed by atoms with E-state index in [0.717, 1.165) is 44.5 Å². The Bertz CT molecular complexity index is 609. The third-order valence-electron chi connectivity index (χ3n) is 4.87. The Kier molecular flexibility index (Phi) is 9.33. The van der Waals surface area contributed by atoms with Gasteiger partial charge in [0, 0.05) is 31.2 Å². The van der Waals surface area contributed by atoms with Crippen LogP contribution >= 0.6 is 24.8 Å². The second-order valence-electron chi connectivity index (χ2n) is 6.83. The highest BCUT2D eigenvalue weighted by atomic mass is 35.5. The van der Waals surface area contributed by atoms with Crippen molar-refractivity contribution >= 4 is 42.4 Å². The minimum atomic E-state index is -0.151. The van der Waals surface area contributed by atoms with Crippen LogP contribution in [0.4, 0.5) is 5.82 Å². The fourth-order valence-corrected chi connectivity index (χ4v) is 3.53. The lowest BCUT2D eigenvalue weighted by molar-refractivity contribution is -0.135. The molecule has 0 bridgehead atoms. The maximum Gasteiger partial charge on any atom is 0.230 e. The van der Waals surface area contributed by atoms with Gasteiger partial charge in [0.05, 0.1) is 5.92 Å². The van der Waals surface area contributed by atoms with Gasteiger partial charge in [0.15, 0.2) is 0 Å². The molecule has 2 saturated heterocycles. The Morgan fingerprint density at radius 2 is 2.08 bits per heavy atom. The molecule has 6 nitrogen and oxygen atoms in total. The van der Waals surface area contributed by atoms with E-state index in [9.17, 15) is 9.59 Å². The minimum Gasteiger partial charge on any atom is -0.342 e. The van der Waals surface area contributed by atoms with Crippen molar-refractivity contribution in [2.24, 2.45) is 5.92 Å². The number of aryl methyl sites for hydroxylation is 1. The predicted molar refractivity (Wildman–Crippen MR) is 107 cm³/mol. The third-order valence-corrected chi connectivity index (χ3v) is 4.87. The molecule has 3 rings (SSSR count). The Balaban J connectivity index is 0.00000169. The molecule has 2 aliphatic heterocycles. The fourth-order valence-electron chi connectivity index (χ4n) is 3.53. The Morgan fingerprint density at radius 1 is 1.27 bits per heavy atom. The van der Waals surface area contributed by atoms with Crippen LogP contribution in [-0.4, -0.2) is 47.4 Å². The first-order valence-corrected chi connectivity index (χ1v) is 8.87. The second-order valence-corrected chi connectivity index (χ2v) is 6.83. The lowest BCUT2D eigenvalue weighted by Crippen LogP contribution is -2.45. The Labute approximate surface area is 167 Å². The average molecular weight is 403 g/mol. The van der Waals surface area contributed by atoms with E-state index < -0.39 is 0 Å². The first-order valence-electron chi connectivity index (χ1n) is 8.87. The van der Waals surface area contributed by atoms with E-state index in [4.69, 9.17) is 0 Å². The van der Waals surface area contributed by atoms with Crippen molar-refractivity contribution in [1.82, 2.24) is 15.2 Å². The average Bonchev–Trinajstić information content (AvgIpc) is 3.08. The number of hydrogen-bond acceptors (Lipinski definition) is 4. The monoisotopic (exact) mass is 402 g/mol. The van der Waals surface area contributed by atoms with E-state index in [1.165, 1.54) is 0 Å². The molecule has 2 fully saturated rings. The minimum absolute atomic E-state index is 0. The van der Waals surface area contributed by atoms with Gasteiger partial charge in [-0.2, -0.15) is 0 Å². The standard InChI is InChI=1S/C18H26N4O2.2ClH/c1-13-5-2-8-16(20-13)21-18(24)14-6-4-10-22(12-14)17(23)11-15-7-3-9-19-15;;/h2,5,8,14-15,19H,3-4,6-7,9-12H2,1H3,(H,20,21,24);2*1H. The molecule has 2 unspecified atom stereocenters. The van der Waals surface area contributed by atoms with E-state index in [2.05, 4.69) is 15.6 Å². The normalized spacial score (nSPS) is 22.1. The number of hydrogen-bond donors (Lipinski definition) is 2. The van der Waals surface area contributed by atoms with Crippen molar-refractivity contribution in [3.8, 4) is 0 Å². The van der Waals surface area contributed by atoms with Gasteiger partial charge in [0.2, 0.25) is 11.8 Å². The fraction of sp³-hybridized carbons (Fsp3) is 0.611.